The molecule has 1 aromatic carbocycles. The zero-order valence-corrected chi connectivity index (χ0v) is 12.1. The quantitative estimate of drug-likeness (QED) is 0.829. The molecule has 0 aliphatic rings. The Kier molecular flexibility index (Phi) is 3.60. The lowest BCUT2D eigenvalue weighted by Crippen LogP contribution is -2.25. The maximum Gasteiger partial charge on any atom is 0.137 e. The molecule has 0 aliphatic heterocycles. The molecule has 0 fully saturated rings. The van der Waals surface area contributed by atoms with Crippen LogP contribution in [0.2, 0.25) is 0 Å². The number of aromatic nitrogens is 2. The van der Waals surface area contributed by atoms with E-state index in [2.05, 4.69) is 43.0 Å². The first-order valence-corrected chi connectivity index (χ1v) is 6.62. The van der Waals surface area contributed by atoms with E-state index in [0.29, 0.717) is 5.92 Å². The standard InChI is InChI=1S/C15H22N4/c1-10(15(2,3)4)8-17-14-12-6-5-11(16)7-13(12)18-9-19-14/h5-7,9-10H,8,16H2,1-4H3,(H,17,18,19). The van der Waals surface area contributed by atoms with Crippen molar-refractivity contribution in [2.45, 2.75) is 27.7 Å². The van der Waals surface area contributed by atoms with Gasteiger partial charge in [0.1, 0.15) is 12.1 Å². The minimum atomic E-state index is 0.278. The summed E-state index contributed by atoms with van der Waals surface area (Å²) in [5.41, 5.74) is 7.65. The average Bonchev–Trinajstić information content (AvgIpc) is 2.34. The highest BCUT2D eigenvalue weighted by atomic mass is 15.0. The zero-order valence-electron chi connectivity index (χ0n) is 12.1. The van der Waals surface area contributed by atoms with Crippen LogP contribution in [0.4, 0.5) is 11.5 Å². The third-order valence-electron chi connectivity index (χ3n) is 3.71. The van der Waals surface area contributed by atoms with Crippen molar-refractivity contribution in [1.29, 1.82) is 0 Å². The summed E-state index contributed by atoms with van der Waals surface area (Å²) in [6.45, 7) is 9.88. The molecule has 1 unspecified atom stereocenters. The van der Waals surface area contributed by atoms with E-state index in [1.807, 2.05) is 18.2 Å². The molecule has 102 valence electrons. The van der Waals surface area contributed by atoms with Crippen LogP contribution in [0, 0.1) is 11.3 Å². The minimum absolute atomic E-state index is 0.278. The number of nitrogens with one attached hydrogen (secondary N) is 1. The summed E-state index contributed by atoms with van der Waals surface area (Å²) in [5, 5.41) is 4.43. The van der Waals surface area contributed by atoms with Crippen LogP contribution in [0.15, 0.2) is 24.5 Å². The molecule has 1 aromatic heterocycles. The first kappa shape index (κ1) is 13.6. The number of rotatable bonds is 3. The lowest BCUT2D eigenvalue weighted by atomic mass is 9.82. The Morgan fingerprint density at radius 1 is 1.26 bits per heavy atom. The number of nitrogens with zero attached hydrogens (tertiary/aromatic N) is 2. The molecule has 4 heteroatoms. The highest BCUT2D eigenvalue weighted by molar-refractivity contribution is 5.90. The van der Waals surface area contributed by atoms with E-state index in [9.17, 15) is 0 Å². The maximum absolute atomic E-state index is 5.77. The number of benzene rings is 1. The van der Waals surface area contributed by atoms with Crippen LogP contribution < -0.4 is 11.1 Å². The van der Waals surface area contributed by atoms with E-state index < -0.39 is 0 Å². The normalized spacial score (nSPS) is 13.5. The first-order valence-electron chi connectivity index (χ1n) is 6.62. The Balaban J connectivity index is 2.22. The zero-order chi connectivity index (χ0) is 14.0. The summed E-state index contributed by atoms with van der Waals surface area (Å²) >= 11 is 0. The van der Waals surface area contributed by atoms with Gasteiger partial charge < -0.3 is 11.1 Å². The lowest BCUT2D eigenvalue weighted by molar-refractivity contribution is 0.274. The Morgan fingerprint density at radius 2 is 2.00 bits per heavy atom. The van der Waals surface area contributed by atoms with Crippen molar-refractivity contribution in [3.05, 3.63) is 24.5 Å². The largest absolute Gasteiger partial charge is 0.399 e. The van der Waals surface area contributed by atoms with Gasteiger partial charge >= 0.3 is 0 Å². The van der Waals surface area contributed by atoms with Gasteiger partial charge in [0.2, 0.25) is 0 Å². The third kappa shape index (κ3) is 3.13. The van der Waals surface area contributed by atoms with Gasteiger partial charge in [0, 0.05) is 17.6 Å². The molecule has 0 bridgehead atoms. The molecule has 0 aliphatic carbocycles. The fourth-order valence-electron chi connectivity index (χ4n) is 1.77. The van der Waals surface area contributed by atoms with Gasteiger partial charge in [-0.15, -0.1) is 0 Å². The SMILES string of the molecule is CC(CNc1ncnc2cc(N)ccc12)C(C)(C)C. The van der Waals surface area contributed by atoms with Gasteiger partial charge in [0.15, 0.2) is 0 Å². The third-order valence-corrected chi connectivity index (χ3v) is 3.71. The molecule has 0 amide bonds. The predicted molar refractivity (Wildman–Crippen MR) is 81.1 cm³/mol. The monoisotopic (exact) mass is 258 g/mol. The first-order chi connectivity index (χ1) is 8.88. The van der Waals surface area contributed by atoms with Gasteiger partial charge in [-0.2, -0.15) is 0 Å². The van der Waals surface area contributed by atoms with E-state index in [0.717, 1.165) is 29.0 Å². The van der Waals surface area contributed by atoms with Gasteiger partial charge in [0.25, 0.3) is 0 Å². The second-order valence-electron chi connectivity index (χ2n) is 6.15. The van der Waals surface area contributed by atoms with Crippen molar-refractivity contribution in [2.75, 3.05) is 17.6 Å². The van der Waals surface area contributed by atoms with E-state index in [1.54, 1.807) is 6.33 Å². The van der Waals surface area contributed by atoms with Crippen molar-refractivity contribution in [3.8, 4) is 0 Å². The Labute approximate surface area is 114 Å². The maximum atomic E-state index is 5.77. The number of nitrogen functional groups attached to an aromatic ring is 1. The molecule has 1 atom stereocenters. The van der Waals surface area contributed by atoms with Crippen LogP contribution in [0.1, 0.15) is 27.7 Å². The fourth-order valence-corrected chi connectivity index (χ4v) is 1.77. The molecular formula is C15H22N4. The smallest absolute Gasteiger partial charge is 0.137 e. The second kappa shape index (κ2) is 5.03. The number of nitrogens with two attached hydrogens (primary N) is 1. The average molecular weight is 258 g/mol. The predicted octanol–water partition coefficient (Wildman–Crippen LogP) is 3.31. The van der Waals surface area contributed by atoms with Gasteiger partial charge in [0.05, 0.1) is 5.52 Å². The van der Waals surface area contributed by atoms with Crippen LogP contribution in [0.25, 0.3) is 10.9 Å². The van der Waals surface area contributed by atoms with Gasteiger partial charge in [-0.25, -0.2) is 9.97 Å². The number of hydrogen-bond acceptors (Lipinski definition) is 4. The molecule has 3 N–H and O–H groups in total. The van der Waals surface area contributed by atoms with Crippen LogP contribution in [0.3, 0.4) is 0 Å². The van der Waals surface area contributed by atoms with E-state index in [4.69, 9.17) is 5.73 Å². The lowest BCUT2D eigenvalue weighted by Gasteiger charge is -2.27. The molecule has 0 radical (unpaired) electrons. The summed E-state index contributed by atoms with van der Waals surface area (Å²) in [4.78, 5) is 8.57. The molecule has 0 spiro atoms. The molecule has 1 heterocycles. The van der Waals surface area contributed by atoms with Gasteiger partial charge in [-0.1, -0.05) is 27.7 Å². The highest BCUT2D eigenvalue weighted by Crippen LogP contribution is 2.27. The summed E-state index contributed by atoms with van der Waals surface area (Å²) in [6.07, 6.45) is 1.58. The molecule has 0 saturated carbocycles. The van der Waals surface area contributed by atoms with E-state index in [1.165, 1.54) is 0 Å². The molecule has 2 rings (SSSR count). The van der Waals surface area contributed by atoms with Crippen LogP contribution >= 0.6 is 0 Å². The summed E-state index contributed by atoms with van der Waals surface area (Å²) in [7, 11) is 0. The van der Waals surface area contributed by atoms with Crippen LogP contribution in [-0.4, -0.2) is 16.5 Å². The molecule has 2 aromatic rings. The van der Waals surface area contributed by atoms with Gasteiger partial charge in [-0.05, 0) is 29.5 Å². The Morgan fingerprint density at radius 3 is 2.68 bits per heavy atom. The highest BCUT2D eigenvalue weighted by Gasteiger charge is 2.19. The fraction of sp³-hybridized carbons (Fsp3) is 0.467. The van der Waals surface area contributed by atoms with Crippen molar-refractivity contribution in [2.24, 2.45) is 11.3 Å². The number of fused-ring (bicyclic) bond motifs is 1. The molecule has 19 heavy (non-hydrogen) atoms. The van der Waals surface area contributed by atoms with E-state index >= 15 is 0 Å². The van der Waals surface area contributed by atoms with Gasteiger partial charge in [-0.3, -0.25) is 0 Å². The van der Waals surface area contributed by atoms with Crippen molar-refractivity contribution in [3.63, 3.8) is 0 Å². The van der Waals surface area contributed by atoms with Crippen LogP contribution in [-0.2, 0) is 0 Å². The summed E-state index contributed by atoms with van der Waals surface area (Å²) in [6, 6.07) is 5.72. The summed E-state index contributed by atoms with van der Waals surface area (Å²) in [5.74, 6) is 1.42. The molecular weight excluding hydrogens is 236 g/mol. The number of hydrogen-bond donors (Lipinski definition) is 2. The molecule has 4 nitrogen and oxygen atoms in total. The Bertz CT molecular complexity index is 572. The van der Waals surface area contributed by atoms with E-state index in [-0.39, 0.29) is 5.41 Å². The minimum Gasteiger partial charge on any atom is -0.399 e. The topological polar surface area (TPSA) is 63.8 Å². The van der Waals surface area contributed by atoms with Crippen molar-refractivity contribution >= 4 is 22.4 Å². The van der Waals surface area contributed by atoms with Crippen molar-refractivity contribution < 1.29 is 0 Å². The second-order valence-corrected chi connectivity index (χ2v) is 6.15. The summed E-state index contributed by atoms with van der Waals surface area (Å²) < 4.78 is 0. The van der Waals surface area contributed by atoms with Crippen molar-refractivity contribution in [1.82, 2.24) is 9.97 Å². The number of anilines is 2. The Hall–Kier alpha value is -1.84. The van der Waals surface area contributed by atoms with Crippen LogP contribution in [0.5, 0.6) is 0 Å². The molecule has 0 saturated heterocycles.